The summed E-state index contributed by atoms with van der Waals surface area (Å²) >= 11 is 1.40. The Bertz CT molecular complexity index is 605. The third-order valence-electron chi connectivity index (χ3n) is 2.95. The Labute approximate surface area is 128 Å². The maximum atomic E-state index is 11.4. The molecule has 112 valence electrons. The van der Waals surface area contributed by atoms with Gasteiger partial charge in [-0.3, -0.25) is 0 Å². The number of aliphatic carboxylic acids is 1. The van der Waals surface area contributed by atoms with Crippen molar-refractivity contribution in [2.45, 2.75) is 38.6 Å². The zero-order chi connectivity index (χ0) is 15.5. The fraction of sp³-hybridized carbons (Fsp3) is 0.400. The van der Waals surface area contributed by atoms with Gasteiger partial charge in [0.25, 0.3) is 0 Å². The van der Waals surface area contributed by atoms with E-state index in [9.17, 15) is 9.90 Å². The Morgan fingerprint density at radius 1 is 1.29 bits per heavy atom. The van der Waals surface area contributed by atoms with Gasteiger partial charge in [-0.2, -0.15) is 0 Å². The molecule has 0 unspecified atom stereocenters. The highest BCUT2D eigenvalue weighted by Crippen LogP contribution is 2.28. The highest BCUT2D eigenvalue weighted by Gasteiger charge is 2.23. The molecule has 2 rings (SSSR count). The molecule has 6 heteroatoms. The highest BCUT2D eigenvalue weighted by atomic mass is 32.1. The van der Waals surface area contributed by atoms with Gasteiger partial charge in [-0.05, 0) is 5.56 Å². The van der Waals surface area contributed by atoms with Gasteiger partial charge in [-0.15, -0.1) is 10.2 Å². The summed E-state index contributed by atoms with van der Waals surface area (Å²) in [6.45, 7) is 6.15. The number of carbonyl (C=O) groups is 1. The zero-order valence-electron chi connectivity index (χ0n) is 12.3. The molecule has 0 spiro atoms. The first-order chi connectivity index (χ1) is 9.86. The summed E-state index contributed by atoms with van der Waals surface area (Å²) in [5.74, 6) is -0.897. The number of hydrogen-bond acceptors (Lipinski definition) is 5. The van der Waals surface area contributed by atoms with Crippen molar-refractivity contribution < 1.29 is 9.90 Å². The van der Waals surface area contributed by atoms with E-state index in [1.54, 1.807) is 0 Å². The smallest absolute Gasteiger partial charge is 0.326 e. The number of aromatic nitrogens is 2. The standard InChI is InChI=1S/C15H19N3O2S/c1-15(2,3)13-17-18-14(21-13)16-11(12(19)20)9-10-7-5-4-6-8-10/h4-8,11H,9H2,1-3H3,(H,16,18)(H,19,20)/t11-/m0/s1. The van der Waals surface area contributed by atoms with E-state index in [0.29, 0.717) is 11.6 Å². The van der Waals surface area contributed by atoms with Crippen molar-refractivity contribution in [2.75, 3.05) is 5.32 Å². The number of anilines is 1. The van der Waals surface area contributed by atoms with Crippen molar-refractivity contribution >= 4 is 22.4 Å². The Morgan fingerprint density at radius 3 is 2.48 bits per heavy atom. The number of carboxylic acids is 1. The van der Waals surface area contributed by atoms with Crippen LogP contribution in [0.15, 0.2) is 30.3 Å². The van der Waals surface area contributed by atoms with Crippen LogP contribution in [-0.4, -0.2) is 27.3 Å². The molecule has 1 aromatic heterocycles. The summed E-state index contributed by atoms with van der Waals surface area (Å²) in [5, 5.41) is 21.9. The van der Waals surface area contributed by atoms with Crippen LogP contribution in [-0.2, 0) is 16.6 Å². The molecule has 5 nitrogen and oxygen atoms in total. The zero-order valence-corrected chi connectivity index (χ0v) is 13.1. The van der Waals surface area contributed by atoms with Gasteiger partial charge in [0.15, 0.2) is 0 Å². The molecule has 0 aliphatic rings. The van der Waals surface area contributed by atoms with Crippen molar-refractivity contribution in [3.63, 3.8) is 0 Å². The van der Waals surface area contributed by atoms with Gasteiger partial charge in [0.1, 0.15) is 11.0 Å². The lowest BCUT2D eigenvalue weighted by molar-refractivity contribution is -0.137. The van der Waals surface area contributed by atoms with Crippen LogP contribution >= 0.6 is 11.3 Å². The molecule has 0 bridgehead atoms. The average Bonchev–Trinajstić information content (AvgIpc) is 2.87. The molecule has 21 heavy (non-hydrogen) atoms. The quantitative estimate of drug-likeness (QED) is 0.888. The predicted molar refractivity (Wildman–Crippen MR) is 83.8 cm³/mol. The van der Waals surface area contributed by atoms with E-state index in [1.807, 2.05) is 30.3 Å². The van der Waals surface area contributed by atoms with E-state index < -0.39 is 12.0 Å². The third kappa shape index (κ3) is 4.26. The Morgan fingerprint density at radius 2 is 1.95 bits per heavy atom. The first-order valence-corrected chi connectivity index (χ1v) is 7.55. The molecular weight excluding hydrogens is 286 g/mol. The first-order valence-electron chi connectivity index (χ1n) is 6.73. The monoisotopic (exact) mass is 305 g/mol. The maximum absolute atomic E-state index is 11.4. The second-order valence-electron chi connectivity index (χ2n) is 5.89. The molecule has 0 fully saturated rings. The van der Waals surface area contributed by atoms with Crippen molar-refractivity contribution in [2.24, 2.45) is 0 Å². The lowest BCUT2D eigenvalue weighted by Gasteiger charge is -2.14. The van der Waals surface area contributed by atoms with E-state index in [0.717, 1.165) is 10.6 Å². The van der Waals surface area contributed by atoms with Crippen LogP contribution in [0.1, 0.15) is 31.3 Å². The van der Waals surface area contributed by atoms with Crippen LogP contribution in [0.4, 0.5) is 5.13 Å². The fourth-order valence-corrected chi connectivity index (χ4v) is 2.64. The Hall–Kier alpha value is -1.95. The van der Waals surface area contributed by atoms with E-state index in [1.165, 1.54) is 11.3 Å². The van der Waals surface area contributed by atoms with Crippen LogP contribution in [0.2, 0.25) is 0 Å². The summed E-state index contributed by atoms with van der Waals surface area (Å²) < 4.78 is 0. The van der Waals surface area contributed by atoms with Crippen molar-refractivity contribution in [1.82, 2.24) is 10.2 Å². The molecule has 1 heterocycles. The van der Waals surface area contributed by atoms with Gasteiger partial charge in [-0.1, -0.05) is 62.4 Å². The van der Waals surface area contributed by atoms with Crippen molar-refractivity contribution in [1.29, 1.82) is 0 Å². The number of nitrogens with zero attached hydrogens (tertiary/aromatic N) is 2. The van der Waals surface area contributed by atoms with Crippen LogP contribution in [0.25, 0.3) is 0 Å². The van der Waals surface area contributed by atoms with E-state index in [-0.39, 0.29) is 5.41 Å². The van der Waals surface area contributed by atoms with E-state index >= 15 is 0 Å². The predicted octanol–water partition coefficient (Wildman–Crippen LogP) is 2.94. The van der Waals surface area contributed by atoms with Gasteiger partial charge in [0.05, 0.1) is 0 Å². The fourth-order valence-electron chi connectivity index (χ4n) is 1.78. The summed E-state index contributed by atoms with van der Waals surface area (Å²) in [5.41, 5.74) is 0.883. The molecule has 0 aliphatic heterocycles. The van der Waals surface area contributed by atoms with Gasteiger partial charge >= 0.3 is 5.97 Å². The molecule has 0 aliphatic carbocycles. The highest BCUT2D eigenvalue weighted by molar-refractivity contribution is 7.15. The van der Waals surface area contributed by atoms with Gasteiger partial charge < -0.3 is 10.4 Å². The van der Waals surface area contributed by atoms with Gasteiger partial charge in [-0.25, -0.2) is 4.79 Å². The first kappa shape index (κ1) is 15.4. The molecular formula is C15H19N3O2S. The second-order valence-corrected chi connectivity index (χ2v) is 6.86. The van der Waals surface area contributed by atoms with Crippen LogP contribution < -0.4 is 5.32 Å². The van der Waals surface area contributed by atoms with Crippen LogP contribution in [0.3, 0.4) is 0 Å². The Kier molecular flexibility index (Phi) is 4.57. The van der Waals surface area contributed by atoms with Crippen LogP contribution in [0.5, 0.6) is 0 Å². The minimum absolute atomic E-state index is 0.0876. The summed E-state index contributed by atoms with van der Waals surface area (Å²) in [6, 6.07) is 8.82. The second kappa shape index (κ2) is 6.22. The number of benzene rings is 1. The molecule has 2 N–H and O–H groups in total. The SMILES string of the molecule is CC(C)(C)c1nnc(N[C@@H](Cc2ccccc2)C(=O)O)s1. The summed E-state index contributed by atoms with van der Waals surface area (Å²) in [4.78, 5) is 11.4. The van der Waals surface area contributed by atoms with Gasteiger partial charge in [0, 0.05) is 11.8 Å². The number of nitrogens with one attached hydrogen (secondary N) is 1. The molecule has 0 saturated heterocycles. The maximum Gasteiger partial charge on any atom is 0.326 e. The molecule has 0 radical (unpaired) electrons. The normalized spacial score (nSPS) is 12.9. The molecule has 0 amide bonds. The molecule has 1 atom stereocenters. The van der Waals surface area contributed by atoms with Crippen molar-refractivity contribution in [3.05, 3.63) is 40.9 Å². The lowest BCUT2D eigenvalue weighted by atomic mass is 9.98. The number of rotatable bonds is 5. The average molecular weight is 305 g/mol. The topological polar surface area (TPSA) is 75.1 Å². The van der Waals surface area contributed by atoms with Gasteiger partial charge in [0.2, 0.25) is 5.13 Å². The lowest BCUT2D eigenvalue weighted by Crippen LogP contribution is -2.31. The summed E-state index contributed by atoms with van der Waals surface area (Å²) in [6.07, 6.45) is 0.403. The van der Waals surface area contributed by atoms with E-state index in [4.69, 9.17) is 0 Å². The Balaban J connectivity index is 2.10. The minimum Gasteiger partial charge on any atom is -0.480 e. The molecule has 0 saturated carbocycles. The number of hydrogen-bond donors (Lipinski definition) is 2. The molecule has 2 aromatic rings. The van der Waals surface area contributed by atoms with E-state index in [2.05, 4.69) is 36.3 Å². The molecule has 1 aromatic carbocycles. The van der Waals surface area contributed by atoms with Crippen molar-refractivity contribution in [3.8, 4) is 0 Å². The third-order valence-corrected chi connectivity index (χ3v) is 4.23. The largest absolute Gasteiger partial charge is 0.480 e. The van der Waals surface area contributed by atoms with Crippen LogP contribution in [0, 0.1) is 0 Å². The minimum atomic E-state index is -0.897. The summed E-state index contributed by atoms with van der Waals surface area (Å²) in [7, 11) is 0. The number of carboxylic acid groups (broad SMARTS) is 1.